The van der Waals surface area contributed by atoms with E-state index in [0.29, 0.717) is 17.4 Å². The molecule has 17 heavy (non-hydrogen) atoms. The van der Waals surface area contributed by atoms with Crippen molar-refractivity contribution >= 4 is 21.8 Å². The van der Waals surface area contributed by atoms with Crippen molar-refractivity contribution in [1.82, 2.24) is 5.32 Å². The summed E-state index contributed by atoms with van der Waals surface area (Å²) in [6.45, 7) is 9.19. The third kappa shape index (κ3) is 4.50. The van der Waals surface area contributed by atoms with Gasteiger partial charge in [-0.1, -0.05) is 36.7 Å². The number of carbonyl (C=O) groups is 1. The molecule has 94 valence electrons. The molecule has 1 aromatic rings. The first kappa shape index (κ1) is 14.2. The van der Waals surface area contributed by atoms with Crippen molar-refractivity contribution in [2.24, 2.45) is 11.8 Å². The number of amides is 1. The van der Waals surface area contributed by atoms with Crippen LogP contribution in [-0.2, 0) is 0 Å². The van der Waals surface area contributed by atoms with Crippen LogP contribution in [0.3, 0.4) is 0 Å². The highest BCUT2D eigenvalue weighted by atomic mass is 79.9. The van der Waals surface area contributed by atoms with E-state index in [1.165, 1.54) is 0 Å². The molecule has 0 saturated heterocycles. The number of aryl methyl sites for hydroxylation is 1. The third-order valence-corrected chi connectivity index (χ3v) is 3.48. The Labute approximate surface area is 112 Å². The first-order valence-electron chi connectivity index (χ1n) is 5.95. The zero-order chi connectivity index (χ0) is 13.0. The molecular weight excluding hydrogens is 278 g/mol. The smallest absolute Gasteiger partial charge is 0.251 e. The van der Waals surface area contributed by atoms with E-state index in [1.54, 1.807) is 0 Å². The molecule has 0 aliphatic heterocycles. The van der Waals surface area contributed by atoms with Gasteiger partial charge in [0.05, 0.1) is 0 Å². The number of hydrogen-bond donors (Lipinski definition) is 1. The van der Waals surface area contributed by atoms with E-state index in [0.717, 1.165) is 16.6 Å². The quantitative estimate of drug-likeness (QED) is 0.900. The number of nitrogens with one attached hydrogen (secondary N) is 1. The maximum Gasteiger partial charge on any atom is 0.251 e. The number of rotatable bonds is 4. The van der Waals surface area contributed by atoms with Crippen LogP contribution in [0.25, 0.3) is 0 Å². The molecule has 0 bridgehead atoms. The predicted molar refractivity (Wildman–Crippen MR) is 75.2 cm³/mol. The van der Waals surface area contributed by atoms with Crippen LogP contribution in [-0.4, -0.2) is 12.5 Å². The number of hydrogen-bond acceptors (Lipinski definition) is 1. The minimum absolute atomic E-state index is 0.00176. The molecule has 1 atom stereocenters. The molecule has 3 heteroatoms. The van der Waals surface area contributed by atoms with Gasteiger partial charge in [-0.3, -0.25) is 4.79 Å². The summed E-state index contributed by atoms with van der Waals surface area (Å²) >= 11 is 3.40. The Balaban J connectivity index is 2.64. The van der Waals surface area contributed by atoms with Crippen molar-refractivity contribution in [3.05, 3.63) is 33.8 Å². The normalized spacial score (nSPS) is 12.6. The van der Waals surface area contributed by atoms with E-state index in [1.807, 2.05) is 25.1 Å². The van der Waals surface area contributed by atoms with E-state index >= 15 is 0 Å². The van der Waals surface area contributed by atoms with E-state index in [2.05, 4.69) is 42.0 Å². The van der Waals surface area contributed by atoms with Crippen molar-refractivity contribution in [1.29, 1.82) is 0 Å². The van der Waals surface area contributed by atoms with Gasteiger partial charge in [-0.2, -0.15) is 0 Å². The fraction of sp³-hybridized carbons (Fsp3) is 0.500. The molecule has 0 aromatic heterocycles. The summed E-state index contributed by atoms with van der Waals surface area (Å²) < 4.78 is 0.944. The van der Waals surface area contributed by atoms with Crippen LogP contribution in [0, 0.1) is 18.8 Å². The van der Waals surface area contributed by atoms with Crippen LogP contribution in [0.2, 0.25) is 0 Å². The highest BCUT2D eigenvalue weighted by Crippen LogP contribution is 2.15. The van der Waals surface area contributed by atoms with Gasteiger partial charge in [0.1, 0.15) is 0 Å². The Morgan fingerprint density at radius 2 is 1.94 bits per heavy atom. The first-order valence-corrected chi connectivity index (χ1v) is 6.75. The highest BCUT2D eigenvalue weighted by molar-refractivity contribution is 9.10. The predicted octanol–water partition coefficient (Wildman–Crippen LogP) is 3.78. The lowest BCUT2D eigenvalue weighted by molar-refractivity contribution is 0.0945. The fourth-order valence-electron chi connectivity index (χ4n) is 1.46. The van der Waals surface area contributed by atoms with Gasteiger partial charge in [0.25, 0.3) is 5.91 Å². The van der Waals surface area contributed by atoms with E-state index in [9.17, 15) is 4.79 Å². The van der Waals surface area contributed by atoms with Gasteiger partial charge in [0.2, 0.25) is 0 Å². The Bertz CT molecular complexity index is 381. The highest BCUT2D eigenvalue weighted by Gasteiger charge is 2.11. The molecule has 0 spiro atoms. The molecule has 0 radical (unpaired) electrons. The third-order valence-electron chi connectivity index (χ3n) is 3.03. The number of carbonyl (C=O) groups excluding carboxylic acids is 1. The molecule has 0 heterocycles. The van der Waals surface area contributed by atoms with Gasteiger partial charge in [0.15, 0.2) is 0 Å². The second-order valence-electron chi connectivity index (χ2n) is 4.95. The van der Waals surface area contributed by atoms with Gasteiger partial charge < -0.3 is 5.32 Å². The number of halogens is 1. The maximum atomic E-state index is 11.9. The molecule has 1 amide bonds. The second kappa shape index (κ2) is 6.20. The molecule has 0 aliphatic rings. The largest absolute Gasteiger partial charge is 0.352 e. The molecule has 0 fully saturated rings. The van der Waals surface area contributed by atoms with Gasteiger partial charge in [-0.15, -0.1) is 0 Å². The van der Waals surface area contributed by atoms with E-state index in [4.69, 9.17) is 0 Å². The average Bonchev–Trinajstić information content (AvgIpc) is 2.23. The molecule has 1 rings (SSSR count). The summed E-state index contributed by atoms with van der Waals surface area (Å²) in [5.74, 6) is 1.08. The summed E-state index contributed by atoms with van der Waals surface area (Å²) in [5.41, 5.74) is 1.80. The summed E-state index contributed by atoms with van der Waals surface area (Å²) in [5, 5.41) is 2.97. The number of benzene rings is 1. The molecule has 1 unspecified atom stereocenters. The summed E-state index contributed by atoms with van der Waals surface area (Å²) in [6, 6.07) is 5.75. The second-order valence-corrected chi connectivity index (χ2v) is 5.86. The Morgan fingerprint density at radius 3 is 2.47 bits per heavy atom. The Morgan fingerprint density at radius 1 is 1.29 bits per heavy atom. The van der Waals surface area contributed by atoms with Crippen molar-refractivity contribution in [3.8, 4) is 0 Å². The van der Waals surface area contributed by atoms with Gasteiger partial charge >= 0.3 is 0 Å². The van der Waals surface area contributed by atoms with Crippen molar-refractivity contribution in [2.75, 3.05) is 6.54 Å². The van der Waals surface area contributed by atoms with Crippen LogP contribution in [0.15, 0.2) is 22.7 Å². The van der Waals surface area contributed by atoms with E-state index in [-0.39, 0.29) is 5.91 Å². The lowest BCUT2D eigenvalue weighted by Gasteiger charge is -2.16. The lowest BCUT2D eigenvalue weighted by Crippen LogP contribution is -2.30. The Kier molecular flexibility index (Phi) is 5.19. The van der Waals surface area contributed by atoms with E-state index < -0.39 is 0 Å². The molecule has 1 aromatic carbocycles. The van der Waals surface area contributed by atoms with Crippen LogP contribution < -0.4 is 5.32 Å². The average molecular weight is 298 g/mol. The monoisotopic (exact) mass is 297 g/mol. The minimum atomic E-state index is 0.00176. The van der Waals surface area contributed by atoms with Crippen molar-refractivity contribution < 1.29 is 4.79 Å². The molecule has 0 saturated carbocycles. The maximum absolute atomic E-state index is 11.9. The summed E-state index contributed by atoms with van der Waals surface area (Å²) in [7, 11) is 0. The van der Waals surface area contributed by atoms with Crippen LogP contribution in [0.1, 0.15) is 36.7 Å². The van der Waals surface area contributed by atoms with Crippen LogP contribution in [0.4, 0.5) is 0 Å². The molecule has 0 aliphatic carbocycles. The lowest BCUT2D eigenvalue weighted by atomic mass is 9.98. The fourth-order valence-corrected chi connectivity index (χ4v) is 2.07. The summed E-state index contributed by atoms with van der Waals surface area (Å²) in [4.78, 5) is 11.9. The molecular formula is C14H20BrNO. The van der Waals surface area contributed by atoms with Crippen molar-refractivity contribution in [3.63, 3.8) is 0 Å². The molecule has 1 N–H and O–H groups in total. The zero-order valence-electron chi connectivity index (χ0n) is 10.9. The van der Waals surface area contributed by atoms with Crippen LogP contribution >= 0.6 is 15.9 Å². The summed E-state index contributed by atoms with van der Waals surface area (Å²) in [6.07, 6.45) is 0. The standard InChI is InChI=1S/C14H20BrNO/c1-9(2)11(4)8-16-14(17)12-5-10(3)6-13(15)7-12/h5-7,9,11H,8H2,1-4H3,(H,16,17). The molecule has 2 nitrogen and oxygen atoms in total. The SMILES string of the molecule is Cc1cc(Br)cc(C(=O)NCC(C)C(C)C)c1. The first-order chi connectivity index (χ1) is 7.90. The van der Waals surface area contributed by atoms with Crippen molar-refractivity contribution in [2.45, 2.75) is 27.7 Å². The zero-order valence-corrected chi connectivity index (χ0v) is 12.5. The van der Waals surface area contributed by atoms with Gasteiger partial charge in [0, 0.05) is 16.6 Å². The topological polar surface area (TPSA) is 29.1 Å². The Hall–Kier alpha value is -0.830. The van der Waals surface area contributed by atoms with Crippen LogP contribution in [0.5, 0.6) is 0 Å². The van der Waals surface area contributed by atoms with Gasteiger partial charge in [-0.05, 0) is 42.5 Å². The van der Waals surface area contributed by atoms with Gasteiger partial charge in [-0.25, -0.2) is 0 Å². The minimum Gasteiger partial charge on any atom is -0.352 e.